The largest absolute Gasteiger partial charge is 0.358 e. The van der Waals surface area contributed by atoms with Gasteiger partial charge in [0.15, 0.2) is 5.82 Å². The van der Waals surface area contributed by atoms with Crippen LogP contribution >= 0.6 is 0 Å². The van der Waals surface area contributed by atoms with Gasteiger partial charge in [0.25, 0.3) is 0 Å². The average molecular weight is 208 g/mol. The summed E-state index contributed by atoms with van der Waals surface area (Å²) in [7, 11) is 3.90. The van der Waals surface area contributed by atoms with Crippen molar-refractivity contribution in [3.63, 3.8) is 0 Å². The van der Waals surface area contributed by atoms with Crippen LogP contribution in [0.15, 0.2) is 0 Å². The van der Waals surface area contributed by atoms with Gasteiger partial charge >= 0.3 is 0 Å². The number of aryl methyl sites for hydroxylation is 2. The molecular weight excluding hydrogens is 192 g/mol. The number of nitrogens with zero attached hydrogens (tertiary/aromatic N) is 3. The highest BCUT2D eigenvalue weighted by atomic mass is 16.1. The van der Waals surface area contributed by atoms with Crippen LogP contribution in [0.4, 0.5) is 11.5 Å². The third-order valence-electron chi connectivity index (χ3n) is 2.72. The Labute approximate surface area is 89.1 Å². The SMILES string of the molecule is CCc1nn(C)c2c1NC(=O)CCN2C. The minimum Gasteiger partial charge on any atom is -0.358 e. The Morgan fingerprint density at radius 3 is 2.87 bits per heavy atom. The Balaban J connectivity index is 2.53. The fourth-order valence-corrected chi connectivity index (χ4v) is 1.96. The van der Waals surface area contributed by atoms with Gasteiger partial charge in [0, 0.05) is 27.1 Å². The minimum absolute atomic E-state index is 0.0725. The van der Waals surface area contributed by atoms with Gasteiger partial charge in [0.2, 0.25) is 5.91 Å². The van der Waals surface area contributed by atoms with Gasteiger partial charge in [0.05, 0.1) is 5.69 Å². The lowest BCUT2D eigenvalue weighted by Crippen LogP contribution is -2.21. The number of hydrogen-bond donors (Lipinski definition) is 1. The number of amides is 1. The molecular formula is C10H16N4O. The Morgan fingerprint density at radius 1 is 1.47 bits per heavy atom. The zero-order chi connectivity index (χ0) is 11.0. The first-order valence-corrected chi connectivity index (χ1v) is 5.20. The van der Waals surface area contributed by atoms with Gasteiger partial charge in [-0.25, -0.2) is 0 Å². The fourth-order valence-electron chi connectivity index (χ4n) is 1.96. The van der Waals surface area contributed by atoms with E-state index in [4.69, 9.17) is 0 Å². The first-order chi connectivity index (χ1) is 7.13. The number of carbonyl (C=O) groups excluding carboxylic acids is 1. The molecule has 0 radical (unpaired) electrons. The third kappa shape index (κ3) is 1.58. The number of rotatable bonds is 1. The summed E-state index contributed by atoms with van der Waals surface area (Å²) < 4.78 is 1.83. The Kier molecular flexibility index (Phi) is 2.38. The maximum Gasteiger partial charge on any atom is 0.226 e. The highest BCUT2D eigenvalue weighted by molar-refractivity contribution is 5.96. The average Bonchev–Trinajstić information content (AvgIpc) is 2.42. The quantitative estimate of drug-likeness (QED) is 0.741. The van der Waals surface area contributed by atoms with Crippen molar-refractivity contribution in [2.45, 2.75) is 19.8 Å². The molecule has 0 fully saturated rings. The zero-order valence-corrected chi connectivity index (χ0v) is 9.37. The number of carbonyl (C=O) groups is 1. The van der Waals surface area contributed by atoms with Crippen molar-refractivity contribution in [3.8, 4) is 0 Å². The molecule has 0 saturated carbocycles. The van der Waals surface area contributed by atoms with Crippen molar-refractivity contribution >= 4 is 17.4 Å². The van der Waals surface area contributed by atoms with Crippen LogP contribution in [0, 0.1) is 0 Å². The summed E-state index contributed by atoms with van der Waals surface area (Å²) in [6, 6.07) is 0. The van der Waals surface area contributed by atoms with Crippen LogP contribution in [0.5, 0.6) is 0 Å². The number of aromatic nitrogens is 2. The van der Waals surface area contributed by atoms with E-state index in [2.05, 4.69) is 15.3 Å². The van der Waals surface area contributed by atoms with Crippen molar-refractivity contribution in [1.82, 2.24) is 9.78 Å². The van der Waals surface area contributed by atoms with E-state index in [0.717, 1.165) is 30.2 Å². The smallest absolute Gasteiger partial charge is 0.226 e. The molecule has 2 rings (SSSR count). The summed E-state index contributed by atoms with van der Waals surface area (Å²) in [6.45, 7) is 2.78. The highest BCUT2D eigenvalue weighted by Gasteiger charge is 2.23. The van der Waals surface area contributed by atoms with Gasteiger partial charge in [0.1, 0.15) is 5.69 Å². The van der Waals surface area contributed by atoms with Crippen LogP contribution in [-0.2, 0) is 18.3 Å². The number of fused-ring (bicyclic) bond motifs is 1. The van der Waals surface area contributed by atoms with E-state index in [9.17, 15) is 4.79 Å². The molecule has 0 unspecified atom stereocenters. The predicted octanol–water partition coefficient (Wildman–Crippen LogP) is 0.761. The summed E-state index contributed by atoms with van der Waals surface area (Å²) in [5.41, 5.74) is 1.83. The molecule has 0 aromatic carbocycles. The van der Waals surface area contributed by atoms with E-state index < -0.39 is 0 Å². The van der Waals surface area contributed by atoms with Crippen LogP contribution in [0.25, 0.3) is 0 Å². The molecule has 0 bridgehead atoms. The third-order valence-corrected chi connectivity index (χ3v) is 2.72. The molecule has 0 spiro atoms. The predicted molar refractivity (Wildman–Crippen MR) is 59.1 cm³/mol. The second-order valence-corrected chi connectivity index (χ2v) is 3.84. The van der Waals surface area contributed by atoms with Crippen molar-refractivity contribution in [1.29, 1.82) is 0 Å². The van der Waals surface area contributed by atoms with E-state index in [1.165, 1.54) is 0 Å². The van der Waals surface area contributed by atoms with Crippen LogP contribution in [-0.4, -0.2) is 29.3 Å². The topological polar surface area (TPSA) is 50.2 Å². The molecule has 1 aliphatic heterocycles. The molecule has 0 atom stereocenters. The fraction of sp³-hybridized carbons (Fsp3) is 0.600. The molecule has 1 amide bonds. The summed E-state index contributed by atoms with van der Waals surface area (Å²) in [4.78, 5) is 13.6. The summed E-state index contributed by atoms with van der Waals surface area (Å²) in [5.74, 6) is 1.07. The van der Waals surface area contributed by atoms with Gasteiger partial charge in [-0.2, -0.15) is 5.10 Å². The summed E-state index contributed by atoms with van der Waals surface area (Å²) in [5, 5.41) is 7.33. The highest BCUT2D eigenvalue weighted by Crippen LogP contribution is 2.30. The Bertz CT molecular complexity index is 396. The second kappa shape index (κ2) is 3.56. The monoisotopic (exact) mass is 208 g/mol. The van der Waals surface area contributed by atoms with Crippen molar-refractivity contribution in [3.05, 3.63) is 5.69 Å². The molecule has 1 aromatic rings. The van der Waals surface area contributed by atoms with Crippen LogP contribution in [0.1, 0.15) is 19.0 Å². The molecule has 1 aliphatic rings. The van der Waals surface area contributed by atoms with Gasteiger partial charge < -0.3 is 10.2 Å². The maximum absolute atomic E-state index is 11.5. The Hall–Kier alpha value is -1.52. The molecule has 5 nitrogen and oxygen atoms in total. The normalized spacial score (nSPS) is 15.9. The van der Waals surface area contributed by atoms with Gasteiger partial charge in [-0.1, -0.05) is 6.92 Å². The molecule has 0 aliphatic carbocycles. The molecule has 1 aromatic heterocycles. The van der Waals surface area contributed by atoms with E-state index in [0.29, 0.717) is 6.42 Å². The van der Waals surface area contributed by atoms with E-state index in [1.807, 2.05) is 25.7 Å². The number of nitrogens with one attached hydrogen (secondary N) is 1. The van der Waals surface area contributed by atoms with E-state index >= 15 is 0 Å². The van der Waals surface area contributed by atoms with Crippen LogP contribution in [0.3, 0.4) is 0 Å². The van der Waals surface area contributed by atoms with Crippen molar-refractivity contribution < 1.29 is 4.79 Å². The molecule has 15 heavy (non-hydrogen) atoms. The molecule has 1 N–H and O–H groups in total. The lowest BCUT2D eigenvalue weighted by molar-refractivity contribution is -0.115. The summed E-state index contributed by atoms with van der Waals surface area (Å²) >= 11 is 0. The molecule has 5 heteroatoms. The molecule has 82 valence electrons. The maximum atomic E-state index is 11.5. The van der Waals surface area contributed by atoms with Gasteiger partial charge in [-0.3, -0.25) is 9.48 Å². The Morgan fingerprint density at radius 2 is 2.20 bits per heavy atom. The number of anilines is 2. The molecule has 2 heterocycles. The van der Waals surface area contributed by atoms with Gasteiger partial charge in [-0.05, 0) is 6.42 Å². The van der Waals surface area contributed by atoms with Gasteiger partial charge in [-0.15, -0.1) is 0 Å². The van der Waals surface area contributed by atoms with Crippen LogP contribution in [0.2, 0.25) is 0 Å². The summed E-state index contributed by atoms with van der Waals surface area (Å²) in [6.07, 6.45) is 1.37. The first kappa shape index (κ1) is 10.0. The standard InChI is InChI=1S/C10H16N4O/c1-4-7-9-10(14(3)12-7)13(2)6-5-8(15)11-9/h4-6H2,1-3H3,(H,11,15). The van der Waals surface area contributed by atoms with E-state index in [-0.39, 0.29) is 5.91 Å². The first-order valence-electron chi connectivity index (χ1n) is 5.20. The van der Waals surface area contributed by atoms with Crippen LogP contribution < -0.4 is 10.2 Å². The van der Waals surface area contributed by atoms with Crippen molar-refractivity contribution in [2.75, 3.05) is 23.8 Å². The number of hydrogen-bond acceptors (Lipinski definition) is 3. The lowest BCUT2D eigenvalue weighted by atomic mass is 10.3. The zero-order valence-electron chi connectivity index (χ0n) is 9.37. The van der Waals surface area contributed by atoms with Crippen molar-refractivity contribution in [2.24, 2.45) is 7.05 Å². The molecule has 0 saturated heterocycles. The minimum atomic E-state index is 0.0725. The second-order valence-electron chi connectivity index (χ2n) is 3.84. The van der Waals surface area contributed by atoms with E-state index in [1.54, 1.807) is 0 Å². The lowest BCUT2D eigenvalue weighted by Gasteiger charge is -2.16.